The molecule has 0 aromatic heterocycles. The van der Waals surface area contributed by atoms with Crippen LogP contribution in [-0.2, 0) is 25.2 Å². The summed E-state index contributed by atoms with van der Waals surface area (Å²) in [5.41, 5.74) is -2.04. The summed E-state index contributed by atoms with van der Waals surface area (Å²) in [6, 6.07) is 4.80. The second-order valence-corrected chi connectivity index (χ2v) is 5.25. The first-order chi connectivity index (χ1) is 10.7. The molecule has 0 spiro atoms. The number of ether oxygens (including phenoxy) is 2. The van der Waals surface area contributed by atoms with Crippen molar-refractivity contribution in [1.29, 1.82) is 0 Å². The lowest BCUT2D eigenvalue weighted by Crippen LogP contribution is -2.38. The maximum absolute atomic E-state index is 12.8. The summed E-state index contributed by atoms with van der Waals surface area (Å²) < 4.78 is 47.7. The molecule has 4 nitrogen and oxygen atoms in total. The Morgan fingerprint density at radius 2 is 1.78 bits per heavy atom. The Bertz CT molecular complexity index is 633. The topological polar surface area (TPSA) is 52.6 Å². The lowest BCUT2D eigenvalue weighted by atomic mass is 9.83. The quantitative estimate of drug-likeness (QED) is 0.486. The summed E-state index contributed by atoms with van der Waals surface area (Å²) in [6.45, 7) is 0. The minimum Gasteiger partial charge on any atom is -0.468 e. The van der Waals surface area contributed by atoms with E-state index in [1.807, 2.05) is 0 Å². The molecule has 1 aliphatic carbocycles. The van der Waals surface area contributed by atoms with Gasteiger partial charge in [0.2, 0.25) is 0 Å². The molecule has 0 bridgehead atoms. The Morgan fingerprint density at radius 3 is 2.30 bits per heavy atom. The summed E-state index contributed by atoms with van der Waals surface area (Å²) >= 11 is 0. The number of methoxy groups -OCH3 is 2. The van der Waals surface area contributed by atoms with Gasteiger partial charge in [-0.2, -0.15) is 13.2 Å². The van der Waals surface area contributed by atoms with Crippen molar-refractivity contribution in [2.45, 2.75) is 18.5 Å². The van der Waals surface area contributed by atoms with Gasteiger partial charge in [-0.3, -0.25) is 9.59 Å². The summed E-state index contributed by atoms with van der Waals surface area (Å²) in [5, 5.41) is 0. The van der Waals surface area contributed by atoms with Crippen molar-refractivity contribution < 1.29 is 32.2 Å². The highest BCUT2D eigenvalue weighted by atomic mass is 19.4. The van der Waals surface area contributed by atoms with Crippen LogP contribution in [0.1, 0.15) is 23.5 Å². The van der Waals surface area contributed by atoms with Crippen LogP contribution in [-0.4, -0.2) is 26.2 Å². The molecular weight excluding hydrogens is 313 g/mol. The fourth-order valence-electron chi connectivity index (χ4n) is 2.69. The second kappa shape index (κ2) is 6.06. The summed E-state index contributed by atoms with van der Waals surface area (Å²) in [6.07, 6.45) is -1.62. The first kappa shape index (κ1) is 17.1. The molecule has 0 N–H and O–H groups in total. The van der Waals surface area contributed by atoms with Crippen LogP contribution in [0.5, 0.6) is 0 Å². The Kier molecular flexibility index (Phi) is 4.49. The van der Waals surface area contributed by atoms with Crippen molar-refractivity contribution >= 4 is 11.9 Å². The lowest BCUT2D eigenvalue weighted by molar-refractivity contribution is -0.165. The number of alkyl halides is 3. The zero-order valence-electron chi connectivity index (χ0n) is 12.5. The van der Waals surface area contributed by atoms with Crippen LogP contribution in [0.3, 0.4) is 0 Å². The normalized spacial score (nSPS) is 19.4. The third kappa shape index (κ3) is 3.09. The van der Waals surface area contributed by atoms with Crippen LogP contribution >= 0.6 is 0 Å². The first-order valence-corrected chi connectivity index (χ1v) is 6.78. The Balaban J connectivity index is 2.34. The van der Waals surface area contributed by atoms with E-state index in [9.17, 15) is 22.8 Å². The Hall–Kier alpha value is -2.31. The predicted molar refractivity (Wildman–Crippen MR) is 74.4 cm³/mol. The smallest absolute Gasteiger partial charge is 0.416 e. The van der Waals surface area contributed by atoms with Gasteiger partial charge in [-0.1, -0.05) is 30.4 Å². The lowest BCUT2D eigenvalue weighted by Gasteiger charge is -2.23. The first-order valence-electron chi connectivity index (χ1n) is 6.78. The number of benzene rings is 1. The number of allylic oxidation sites excluding steroid dienone is 1. The van der Waals surface area contributed by atoms with Crippen molar-refractivity contribution in [2.24, 2.45) is 5.41 Å². The number of carbonyl (C=O) groups excluding carboxylic acids is 2. The van der Waals surface area contributed by atoms with Crippen molar-refractivity contribution in [2.75, 3.05) is 14.2 Å². The van der Waals surface area contributed by atoms with E-state index in [1.165, 1.54) is 24.3 Å². The van der Waals surface area contributed by atoms with Crippen LogP contribution in [0.4, 0.5) is 13.2 Å². The average Bonchev–Trinajstić information content (AvgIpc) is 2.99. The number of rotatable bonds is 3. The predicted octanol–water partition coefficient (Wildman–Crippen LogP) is 3.08. The molecule has 0 aliphatic heterocycles. The molecule has 1 atom stereocenters. The standard InChI is InChI=1S/C16H15F3O4/c1-22-13(20)15(14(21)23-2)7-6-11(9-15)10-4-3-5-12(8-10)16(17,18)19/h3-8,11H,9H2,1-2H3/t11-/m0/s1. The van der Waals surface area contributed by atoms with Crippen molar-refractivity contribution in [1.82, 2.24) is 0 Å². The van der Waals surface area contributed by atoms with Crippen molar-refractivity contribution in [3.63, 3.8) is 0 Å². The van der Waals surface area contributed by atoms with Crippen LogP contribution in [0, 0.1) is 5.41 Å². The van der Waals surface area contributed by atoms with Gasteiger partial charge in [-0.15, -0.1) is 0 Å². The number of hydrogen-bond donors (Lipinski definition) is 0. The van der Waals surface area contributed by atoms with E-state index in [1.54, 1.807) is 0 Å². The summed E-state index contributed by atoms with van der Waals surface area (Å²) in [7, 11) is 2.27. The fourth-order valence-corrected chi connectivity index (χ4v) is 2.69. The maximum Gasteiger partial charge on any atom is 0.416 e. The third-order valence-electron chi connectivity index (χ3n) is 3.90. The SMILES string of the molecule is COC(=O)C1(C(=O)OC)C=C[C@H](c2cccc(C(F)(F)F)c2)C1. The average molecular weight is 328 g/mol. The molecule has 0 saturated carbocycles. The van der Waals surface area contributed by atoms with Gasteiger partial charge in [0, 0.05) is 5.92 Å². The zero-order chi connectivity index (χ0) is 17.3. The Labute approximate surface area is 130 Å². The Morgan fingerprint density at radius 1 is 1.17 bits per heavy atom. The van der Waals surface area contributed by atoms with E-state index >= 15 is 0 Å². The van der Waals surface area contributed by atoms with E-state index in [-0.39, 0.29) is 6.42 Å². The number of halogens is 3. The number of hydrogen-bond acceptors (Lipinski definition) is 4. The number of carbonyl (C=O) groups is 2. The summed E-state index contributed by atoms with van der Waals surface area (Å²) in [4.78, 5) is 24.0. The highest BCUT2D eigenvalue weighted by molar-refractivity contribution is 6.03. The summed E-state index contributed by atoms with van der Waals surface area (Å²) in [5.74, 6) is -2.11. The second-order valence-electron chi connectivity index (χ2n) is 5.25. The van der Waals surface area contributed by atoms with E-state index in [0.29, 0.717) is 5.56 Å². The molecule has 1 aromatic rings. The van der Waals surface area contributed by atoms with Crippen LogP contribution in [0.2, 0.25) is 0 Å². The molecule has 0 amide bonds. The molecule has 1 aromatic carbocycles. The fraction of sp³-hybridized carbons (Fsp3) is 0.375. The van der Waals surface area contributed by atoms with E-state index in [0.717, 1.165) is 26.4 Å². The van der Waals surface area contributed by atoms with Gasteiger partial charge in [0.1, 0.15) is 0 Å². The molecule has 0 unspecified atom stereocenters. The number of esters is 2. The van der Waals surface area contributed by atoms with E-state index in [4.69, 9.17) is 0 Å². The molecule has 124 valence electrons. The van der Waals surface area contributed by atoms with Gasteiger partial charge in [-0.05, 0) is 18.1 Å². The van der Waals surface area contributed by atoms with E-state index in [2.05, 4.69) is 9.47 Å². The van der Waals surface area contributed by atoms with Gasteiger partial charge >= 0.3 is 18.1 Å². The van der Waals surface area contributed by atoms with Crippen LogP contribution in [0.25, 0.3) is 0 Å². The molecule has 0 radical (unpaired) electrons. The minimum absolute atomic E-state index is 0.0341. The maximum atomic E-state index is 12.8. The van der Waals surface area contributed by atoms with Gasteiger partial charge in [0.05, 0.1) is 19.8 Å². The molecular formula is C16H15F3O4. The van der Waals surface area contributed by atoms with Crippen molar-refractivity contribution in [3.05, 3.63) is 47.5 Å². The van der Waals surface area contributed by atoms with Crippen LogP contribution in [0.15, 0.2) is 36.4 Å². The molecule has 0 fully saturated rings. The zero-order valence-corrected chi connectivity index (χ0v) is 12.5. The van der Waals surface area contributed by atoms with Gasteiger partial charge in [0.15, 0.2) is 5.41 Å². The van der Waals surface area contributed by atoms with Gasteiger partial charge in [0.25, 0.3) is 0 Å². The van der Waals surface area contributed by atoms with Gasteiger partial charge in [-0.25, -0.2) is 0 Å². The van der Waals surface area contributed by atoms with Gasteiger partial charge < -0.3 is 9.47 Å². The largest absolute Gasteiger partial charge is 0.468 e. The molecule has 1 aliphatic rings. The highest BCUT2D eigenvalue weighted by Crippen LogP contribution is 2.43. The molecule has 7 heteroatoms. The third-order valence-corrected chi connectivity index (χ3v) is 3.90. The monoisotopic (exact) mass is 328 g/mol. The highest BCUT2D eigenvalue weighted by Gasteiger charge is 2.50. The molecule has 2 rings (SSSR count). The van der Waals surface area contributed by atoms with E-state index < -0.39 is 35.0 Å². The molecule has 0 saturated heterocycles. The molecule has 0 heterocycles. The van der Waals surface area contributed by atoms with Crippen molar-refractivity contribution in [3.8, 4) is 0 Å². The molecule has 23 heavy (non-hydrogen) atoms. The minimum atomic E-state index is -4.46. The van der Waals surface area contributed by atoms with Crippen LogP contribution < -0.4 is 0 Å².